The van der Waals surface area contributed by atoms with Crippen LogP contribution in [0.15, 0.2) is 4.52 Å². The molecule has 0 aliphatic rings. The molecule has 0 unspecified atom stereocenters. The Morgan fingerprint density at radius 2 is 2.21 bits per heavy atom. The SMILES string of the molecule is CC(C)c1noc(N(C)CCCN)n1. The van der Waals surface area contributed by atoms with Crippen molar-refractivity contribution in [2.45, 2.75) is 26.2 Å². The van der Waals surface area contributed by atoms with Gasteiger partial charge >= 0.3 is 6.01 Å². The second kappa shape index (κ2) is 4.95. The quantitative estimate of drug-likeness (QED) is 0.763. The fourth-order valence-electron chi connectivity index (χ4n) is 1.04. The molecular formula is C9H18N4O. The van der Waals surface area contributed by atoms with Crippen LogP contribution >= 0.6 is 0 Å². The fraction of sp³-hybridized carbons (Fsp3) is 0.778. The summed E-state index contributed by atoms with van der Waals surface area (Å²) in [6.07, 6.45) is 0.926. The normalized spacial score (nSPS) is 10.9. The molecule has 0 aliphatic heterocycles. The Kier molecular flexibility index (Phi) is 3.88. The van der Waals surface area contributed by atoms with E-state index >= 15 is 0 Å². The van der Waals surface area contributed by atoms with E-state index in [0.29, 0.717) is 18.5 Å². The Morgan fingerprint density at radius 1 is 1.50 bits per heavy atom. The highest BCUT2D eigenvalue weighted by molar-refractivity contribution is 5.23. The lowest BCUT2D eigenvalue weighted by Gasteiger charge is -2.11. The molecule has 14 heavy (non-hydrogen) atoms. The van der Waals surface area contributed by atoms with Crippen molar-refractivity contribution in [3.05, 3.63) is 5.82 Å². The van der Waals surface area contributed by atoms with E-state index in [1.165, 1.54) is 0 Å². The Hall–Kier alpha value is -1.10. The minimum absolute atomic E-state index is 0.301. The minimum atomic E-state index is 0.301. The van der Waals surface area contributed by atoms with Gasteiger partial charge in [0.15, 0.2) is 5.82 Å². The minimum Gasteiger partial charge on any atom is -0.330 e. The van der Waals surface area contributed by atoms with Gasteiger partial charge in [-0.2, -0.15) is 4.98 Å². The van der Waals surface area contributed by atoms with Crippen LogP contribution < -0.4 is 10.6 Å². The zero-order valence-corrected chi connectivity index (χ0v) is 9.03. The third-order valence-electron chi connectivity index (χ3n) is 1.97. The van der Waals surface area contributed by atoms with Crippen molar-refractivity contribution in [2.75, 3.05) is 25.0 Å². The zero-order valence-electron chi connectivity index (χ0n) is 9.03. The van der Waals surface area contributed by atoms with Crippen molar-refractivity contribution < 1.29 is 4.52 Å². The van der Waals surface area contributed by atoms with Crippen LogP contribution in [0, 0.1) is 0 Å². The lowest BCUT2D eigenvalue weighted by molar-refractivity contribution is 0.407. The smallest absolute Gasteiger partial charge is 0.323 e. The molecule has 5 heteroatoms. The van der Waals surface area contributed by atoms with E-state index in [-0.39, 0.29) is 0 Å². The number of aromatic nitrogens is 2. The van der Waals surface area contributed by atoms with Gasteiger partial charge in [-0.3, -0.25) is 0 Å². The molecule has 0 bridgehead atoms. The summed E-state index contributed by atoms with van der Waals surface area (Å²) in [7, 11) is 1.92. The first-order chi connectivity index (χ1) is 6.65. The van der Waals surface area contributed by atoms with Crippen LogP contribution in [-0.4, -0.2) is 30.3 Å². The average Bonchev–Trinajstić information content (AvgIpc) is 2.62. The van der Waals surface area contributed by atoms with Crippen LogP contribution in [0.2, 0.25) is 0 Å². The van der Waals surface area contributed by atoms with Gasteiger partial charge in [0.1, 0.15) is 0 Å². The molecule has 1 rings (SSSR count). The van der Waals surface area contributed by atoms with E-state index in [1.807, 2.05) is 25.8 Å². The standard InChI is InChI=1S/C9H18N4O/c1-7(2)8-11-9(14-12-8)13(3)6-4-5-10/h7H,4-6,10H2,1-3H3. The van der Waals surface area contributed by atoms with E-state index < -0.39 is 0 Å². The Labute approximate surface area is 84.3 Å². The van der Waals surface area contributed by atoms with E-state index in [4.69, 9.17) is 10.3 Å². The topological polar surface area (TPSA) is 68.2 Å². The summed E-state index contributed by atoms with van der Waals surface area (Å²) in [4.78, 5) is 6.19. The van der Waals surface area contributed by atoms with Gasteiger partial charge < -0.3 is 15.2 Å². The average molecular weight is 198 g/mol. The first kappa shape index (κ1) is 11.0. The Bertz CT molecular complexity index is 272. The van der Waals surface area contributed by atoms with Crippen LogP contribution in [0.5, 0.6) is 0 Å². The summed E-state index contributed by atoms with van der Waals surface area (Å²) in [6, 6.07) is 0.571. The first-order valence-corrected chi connectivity index (χ1v) is 4.90. The number of anilines is 1. The molecule has 0 fully saturated rings. The van der Waals surface area contributed by atoms with Gasteiger partial charge in [-0.15, -0.1) is 0 Å². The lowest BCUT2D eigenvalue weighted by Crippen LogP contribution is -2.21. The van der Waals surface area contributed by atoms with Gasteiger partial charge in [0.2, 0.25) is 0 Å². The molecule has 5 nitrogen and oxygen atoms in total. The molecule has 1 aromatic rings. The van der Waals surface area contributed by atoms with E-state index in [9.17, 15) is 0 Å². The maximum Gasteiger partial charge on any atom is 0.323 e. The Balaban J connectivity index is 2.57. The van der Waals surface area contributed by atoms with Gasteiger partial charge in [0, 0.05) is 19.5 Å². The molecule has 80 valence electrons. The molecule has 0 saturated heterocycles. The fourth-order valence-corrected chi connectivity index (χ4v) is 1.04. The predicted octanol–water partition coefficient (Wildman–Crippen LogP) is 0.978. The molecular weight excluding hydrogens is 180 g/mol. The third-order valence-corrected chi connectivity index (χ3v) is 1.97. The highest BCUT2D eigenvalue weighted by Gasteiger charge is 2.12. The summed E-state index contributed by atoms with van der Waals surface area (Å²) in [5.41, 5.74) is 5.42. The summed E-state index contributed by atoms with van der Waals surface area (Å²) < 4.78 is 5.11. The molecule has 0 atom stereocenters. The van der Waals surface area contributed by atoms with Gasteiger partial charge in [-0.25, -0.2) is 0 Å². The van der Waals surface area contributed by atoms with Crippen LogP contribution in [0.4, 0.5) is 6.01 Å². The number of nitrogens with two attached hydrogens (primary N) is 1. The molecule has 2 N–H and O–H groups in total. The molecule has 0 amide bonds. The maximum atomic E-state index is 5.42. The van der Waals surface area contributed by atoms with E-state index in [1.54, 1.807) is 0 Å². The van der Waals surface area contributed by atoms with Crippen molar-refractivity contribution in [3.63, 3.8) is 0 Å². The largest absolute Gasteiger partial charge is 0.330 e. The number of hydrogen-bond acceptors (Lipinski definition) is 5. The van der Waals surface area contributed by atoms with E-state index in [0.717, 1.165) is 18.8 Å². The third kappa shape index (κ3) is 2.70. The van der Waals surface area contributed by atoms with Crippen LogP contribution in [-0.2, 0) is 0 Å². The number of rotatable bonds is 5. The van der Waals surface area contributed by atoms with E-state index in [2.05, 4.69) is 10.1 Å². The number of hydrogen-bond donors (Lipinski definition) is 1. The predicted molar refractivity (Wildman–Crippen MR) is 55.3 cm³/mol. The first-order valence-electron chi connectivity index (χ1n) is 4.90. The molecule has 0 aromatic carbocycles. The summed E-state index contributed by atoms with van der Waals surface area (Å²) >= 11 is 0. The highest BCUT2D eigenvalue weighted by atomic mass is 16.5. The maximum absolute atomic E-state index is 5.42. The molecule has 0 saturated carbocycles. The zero-order chi connectivity index (χ0) is 10.6. The van der Waals surface area contributed by atoms with Crippen molar-refractivity contribution in [1.82, 2.24) is 10.1 Å². The van der Waals surface area contributed by atoms with Crippen LogP contribution in [0.3, 0.4) is 0 Å². The summed E-state index contributed by atoms with van der Waals surface area (Å²) in [6.45, 7) is 5.59. The summed E-state index contributed by atoms with van der Waals surface area (Å²) in [5.74, 6) is 1.05. The van der Waals surface area contributed by atoms with Crippen molar-refractivity contribution in [1.29, 1.82) is 0 Å². The van der Waals surface area contributed by atoms with Gasteiger partial charge in [0.05, 0.1) is 0 Å². The van der Waals surface area contributed by atoms with Gasteiger partial charge in [-0.1, -0.05) is 19.0 Å². The second-order valence-corrected chi connectivity index (χ2v) is 3.65. The van der Waals surface area contributed by atoms with Crippen LogP contribution in [0.1, 0.15) is 32.0 Å². The van der Waals surface area contributed by atoms with Crippen molar-refractivity contribution in [2.24, 2.45) is 5.73 Å². The molecule has 0 aliphatic carbocycles. The van der Waals surface area contributed by atoms with Crippen molar-refractivity contribution >= 4 is 6.01 Å². The number of nitrogens with zero attached hydrogens (tertiary/aromatic N) is 3. The lowest BCUT2D eigenvalue weighted by atomic mass is 10.2. The molecule has 1 aromatic heterocycles. The van der Waals surface area contributed by atoms with Crippen LogP contribution in [0.25, 0.3) is 0 Å². The van der Waals surface area contributed by atoms with Gasteiger partial charge in [-0.05, 0) is 13.0 Å². The highest BCUT2D eigenvalue weighted by Crippen LogP contribution is 2.14. The summed E-state index contributed by atoms with van der Waals surface area (Å²) in [5, 5.41) is 3.89. The monoisotopic (exact) mass is 198 g/mol. The van der Waals surface area contributed by atoms with Crippen molar-refractivity contribution in [3.8, 4) is 0 Å². The second-order valence-electron chi connectivity index (χ2n) is 3.65. The molecule has 0 radical (unpaired) electrons. The van der Waals surface area contributed by atoms with Gasteiger partial charge in [0.25, 0.3) is 0 Å². The molecule has 0 spiro atoms. The molecule has 1 heterocycles. The Morgan fingerprint density at radius 3 is 2.71 bits per heavy atom.